The molecule has 0 fully saturated rings. The summed E-state index contributed by atoms with van der Waals surface area (Å²) in [6.07, 6.45) is 2.09. The third-order valence-corrected chi connectivity index (χ3v) is 5.72. The van der Waals surface area contributed by atoms with E-state index in [0.717, 1.165) is 12.8 Å². The third kappa shape index (κ3) is 8.41. The summed E-state index contributed by atoms with van der Waals surface area (Å²) in [6, 6.07) is 4.64. The van der Waals surface area contributed by atoms with E-state index in [9.17, 15) is 14.4 Å². The molecular weight excluding hydrogens is 471 g/mol. The predicted octanol–water partition coefficient (Wildman–Crippen LogP) is 4.65. The zero-order chi connectivity index (χ0) is 23.7. The molecule has 0 bridgehead atoms. The first kappa shape index (κ1) is 26.1. The first-order chi connectivity index (χ1) is 15.2. The molecule has 0 aliphatic rings. The Labute approximate surface area is 202 Å². The smallest absolute Gasteiger partial charge is 0.255 e. The van der Waals surface area contributed by atoms with Crippen molar-refractivity contribution < 1.29 is 14.4 Å². The number of nitrogens with zero attached hydrogens (tertiary/aromatic N) is 2. The van der Waals surface area contributed by atoms with Crippen LogP contribution >= 0.6 is 34.5 Å². The van der Waals surface area contributed by atoms with Gasteiger partial charge in [0, 0.05) is 23.5 Å². The van der Waals surface area contributed by atoms with Gasteiger partial charge in [0.05, 0.1) is 22.7 Å². The van der Waals surface area contributed by atoms with E-state index in [0.29, 0.717) is 28.9 Å². The number of carbonyl (C=O) groups excluding carboxylic acids is 3. The van der Waals surface area contributed by atoms with Gasteiger partial charge in [0.1, 0.15) is 6.54 Å². The van der Waals surface area contributed by atoms with E-state index in [4.69, 9.17) is 23.2 Å². The number of rotatable bonds is 11. The fourth-order valence-corrected chi connectivity index (χ4v) is 4.12. The second-order valence-corrected chi connectivity index (χ2v) is 9.48. The molecule has 0 aliphatic heterocycles. The number of unbranched alkanes of at least 4 members (excludes halogenated alkanes) is 1. The maximum Gasteiger partial charge on any atom is 0.255 e. The molecule has 1 heterocycles. The van der Waals surface area contributed by atoms with Crippen molar-refractivity contribution in [1.29, 1.82) is 0 Å². The molecule has 1 aromatic carbocycles. The number of amides is 3. The van der Waals surface area contributed by atoms with Crippen LogP contribution in [0.3, 0.4) is 0 Å². The van der Waals surface area contributed by atoms with Gasteiger partial charge in [-0.05, 0) is 30.5 Å². The summed E-state index contributed by atoms with van der Waals surface area (Å²) < 4.78 is 0. The lowest BCUT2D eigenvalue weighted by molar-refractivity contribution is -0.120. The van der Waals surface area contributed by atoms with Crippen LogP contribution in [0.25, 0.3) is 0 Å². The summed E-state index contributed by atoms with van der Waals surface area (Å²) in [7, 11) is 0. The van der Waals surface area contributed by atoms with Gasteiger partial charge in [-0.2, -0.15) is 0 Å². The molecule has 1 aromatic heterocycles. The summed E-state index contributed by atoms with van der Waals surface area (Å²) in [6.45, 7) is 6.84. The summed E-state index contributed by atoms with van der Waals surface area (Å²) in [5, 5.41) is 8.33. The number of nitrogens with one attached hydrogen (secondary N) is 2. The summed E-state index contributed by atoms with van der Waals surface area (Å²) in [4.78, 5) is 43.3. The number of carbonyl (C=O) groups is 3. The van der Waals surface area contributed by atoms with E-state index in [1.807, 2.05) is 13.8 Å². The SMILES string of the molecule is CCCCNC(=O)Cc1csc(NC(=O)CN(CC(C)C)C(=O)c2ccc(Cl)cc2Cl)n1. The fourth-order valence-electron chi connectivity index (χ4n) is 2.90. The first-order valence-electron chi connectivity index (χ1n) is 10.4. The van der Waals surface area contributed by atoms with Gasteiger partial charge in [-0.3, -0.25) is 14.4 Å². The number of hydrogen-bond donors (Lipinski definition) is 2. The van der Waals surface area contributed by atoms with E-state index in [2.05, 4.69) is 22.5 Å². The average molecular weight is 499 g/mol. The summed E-state index contributed by atoms with van der Waals surface area (Å²) >= 11 is 13.3. The highest BCUT2D eigenvalue weighted by Crippen LogP contribution is 2.23. The molecule has 2 aromatic rings. The molecule has 0 spiro atoms. The van der Waals surface area contributed by atoms with Crippen molar-refractivity contribution in [3.05, 3.63) is 44.9 Å². The molecule has 3 amide bonds. The molecule has 0 aliphatic carbocycles. The second-order valence-electron chi connectivity index (χ2n) is 7.78. The van der Waals surface area contributed by atoms with Gasteiger partial charge in [-0.1, -0.05) is 50.4 Å². The highest BCUT2D eigenvalue weighted by Gasteiger charge is 2.22. The Bertz CT molecular complexity index is 949. The molecule has 32 heavy (non-hydrogen) atoms. The fraction of sp³-hybridized carbons (Fsp3) is 0.455. The van der Waals surface area contributed by atoms with Crippen molar-refractivity contribution in [2.75, 3.05) is 25.0 Å². The van der Waals surface area contributed by atoms with Crippen LogP contribution in [0.5, 0.6) is 0 Å². The molecule has 7 nitrogen and oxygen atoms in total. The van der Waals surface area contributed by atoms with Crippen LogP contribution in [0.15, 0.2) is 23.6 Å². The quantitative estimate of drug-likeness (QED) is 0.441. The van der Waals surface area contributed by atoms with Gasteiger partial charge in [0.25, 0.3) is 5.91 Å². The van der Waals surface area contributed by atoms with Gasteiger partial charge in [0.2, 0.25) is 11.8 Å². The Balaban J connectivity index is 1.99. The van der Waals surface area contributed by atoms with E-state index >= 15 is 0 Å². The minimum atomic E-state index is -0.377. The molecule has 0 saturated carbocycles. The van der Waals surface area contributed by atoms with Gasteiger partial charge in [-0.15, -0.1) is 11.3 Å². The molecule has 0 saturated heterocycles. The summed E-state index contributed by atoms with van der Waals surface area (Å²) in [5.74, 6) is -0.679. The van der Waals surface area contributed by atoms with Crippen molar-refractivity contribution in [3.63, 3.8) is 0 Å². The van der Waals surface area contributed by atoms with Gasteiger partial charge in [0.15, 0.2) is 5.13 Å². The van der Waals surface area contributed by atoms with Crippen LogP contribution in [0, 0.1) is 5.92 Å². The van der Waals surface area contributed by atoms with Crippen molar-refractivity contribution in [1.82, 2.24) is 15.2 Å². The van der Waals surface area contributed by atoms with Crippen molar-refractivity contribution in [3.8, 4) is 0 Å². The van der Waals surface area contributed by atoms with E-state index in [-0.39, 0.29) is 47.2 Å². The van der Waals surface area contributed by atoms with Crippen molar-refractivity contribution >= 4 is 57.4 Å². The average Bonchev–Trinajstić information content (AvgIpc) is 3.13. The van der Waals surface area contributed by atoms with Crippen LogP contribution in [0.4, 0.5) is 5.13 Å². The predicted molar refractivity (Wildman–Crippen MR) is 130 cm³/mol. The number of thiazole rings is 1. The van der Waals surface area contributed by atoms with Crippen LogP contribution < -0.4 is 10.6 Å². The lowest BCUT2D eigenvalue weighted by Crippen LogP contribution is -2.40. The molecule has 0 atom stereocenters. The minimum absolute atomic E-state index is 0.102. The van der Waals surface area contributed by atoms with Crippen LogP contribution in [-0.4, -0.2) is 47.2 Å². The molecular formula is C22H28Cl2N4O3S. The topological polar surface area (TPSA) is 91.4 Å². The van der Waals surface area contributed by atoms with Crippen LogP contribution in [0.1, 0.15) is 49.7 Å². The Morgan fingerprint density at radius 3 is 2.59 bits per heavy atom. The highest BCUT2D eigenvalue weighted by molar-refractivity contribution is 7.13. The first-order valence-corrected chi connectivity index (χ1v) is 12.1. The van der Waals surface area contributed by atoms with Crippen LogP contribution in [-0.2, 0) is 16.0 Å². The van der Waals surface area contributed by atoms with Gasteiger partial charge >= 0.3 is 0 Å². The second kappa shape index (κ2) is 12.8. The standard InChI is InChI=1S/C22H28Cl2N4O3S/c1-4-5-8-25-19(29)10-16-13-32-22(26-16)27-20(30)12-28(11-14(2)3)21(31)17-7-6-15(23)9-18(17)24/h6-7,9,13-14H,4-5,8,10-12H2,1-3H3,(H,25,29)(H,26,27,30). The number of aromatic nitrogens is 1. The maximum atomic E-state index is 13.0. The Kier molecular flexibility index (Phi) is 10.4. The zero-order valence-electron chi connectivity index (χ0n) is 18.4. The minimum Gasteiger partial charge on any atom is -0.356 e. The van der Waals surface area contributed by atoms with Crippen LogP contribution in [0.2, 0.25) is 10.0 Å². The van der Waals surface area contributed by atoms with E-state index < -0.39 is 0 Å². The molecule has 0 unspecified atom stereocenters. The highest BCUT2D eigenvalue weighted by atomic mass is 35.5. The maximum absolute atomic E-state index is 13.0. The molecule has 10 heteroatoms. The monoisotopic (exact) mass is 498 g/mol. The number of hydrogen-bond acceptors (Lipinski definition) is 5. The number of halogens is 2. The third-order valence-electron chi connectivity index (χ3n) is 4.36. The zero-order valence-corrected chi connectivity index (χ0v) is 20.7. The van der Waals surface area contributed by atoms with Gasteiger partial charge in [-0.25, -0.2) is 4.98 Å². The van der Waals surface area contributed by atoms with Crippen molar-refractivity contribution in [2.45, 2.75) is 40.0 Å². The molecule has 2 N–H and O–H groups in total. The Morgan fingerprint density at radius 1 is 1.19 bits per heavy atom. The lowest BCUT2D eigenvalue weighted by Gasteiger charge is -2.24. The van der Waals surface area contributed by atoms with E-state index in [1.54, 1.807) is 17.5 Å². The Morgan fingerprint density at radius 2 is 1.94 bits per heavy atom. The molecule has 2 rings (SSSR count). The largest absolute Gasteiger partial charge is 0.356 e. The van der Waals surface area contributed by atoms with Crippen molar-refractivity contribution in [2.24, 2.45) is 5.92 Å². The number of anilines is 1. The molecule has 0 radical (unpaired) electrons. The Hall–Kier alpha value is -2.16. The number of benzene rings is 1. The molecule has 174 valence electrons. The van der Waals surface area contributed by atoms with Gasteiger partial charge < -0.3 is 15.5 Å². The summed E-state index contributed by atoms with van der Waals surface area (Å²) in [5.41, 5.74) is 0.873. The lowest BCUT2D eigenvalue weighted by atomic mass is 10.1. The normalized spacial score (nSPS) is 10.8. The van der Waals surface area contributed by atoms with E-state index in [1.165, 1.54) is 22.3 Å².